The molecule has 1 unspecified atom stereocenters. The molecule has 2 aromatic carbocycles. The monoisotopic (exact) mass is 387 g/mol. The molecule has 1 aromatic heterocycles. The molecule has 29 heavy (non-hydrogen) atoms. The maximum atomic E-state index is 13.0. The molecule has 1 atom stereocenters. The summed E-state index contributed by atoms with van der Waals surface area (Å²) < 4.78 is 5.44. The summed E-state index contributed by atoms with van der Waals surface area (Å²) in [5, 5.41) is 4.11. The number of hydrogen-bond donors (Lipinski definition) is 0. The summed E-state index contributed by atoms with van der Waals surface area (Å²) in [5.41, 5.74) is 3.04. The maximum absolute atomic E-state index is 13.0. The van der Waals surface area contributed by atoms with Crippen LogP contribution in [0.1, 0.15) is 53.7 Å². The number of piperidine rings is 1. The largest absolute Gasteiger partial charge is 0.339 e. The Hall–Kier alpha value is -2.95. The molecular weight excluding hydrogens is 362 g/mol. The molecule has 1 amide bonds. The van der Waals surface area contributed by atoms with E-state index >= 15 is 0 Å². The molecule has 5 rings (SSSR count). The molecule has 2 fully saturated rings. The van der Waals surface area contributed by atoms with Crippen LogP contribution < -0.4 is 0 Å². The van der Waals surface area contributed by atoms with E-state index in [0.29, 0.717) is 11.8 Å². The molecule has 1 aliphatic carbocycles. The number of hydrogen-bond acceptors (Lipinski definition) is 4. The minimum absolute atomic E-state index is 0.110. The van der Waals surface area contributed by atoms with Crippen LogP contribution in [0.25, 0.3) is 11.1 Å². The first-order chi connectivity index (χ1) is 14.3. The van der Waals surface area contributed by atoms with E-state index in [-0.39, 0.29) is 5.91 Å². The van der Waals surface area contributed by atoms with Crippen molar-refractivity contribution in [1.82, 2.24) is 15.0 Å². The fourth-order valence-electron chi connectivity index (χ4n) is 4.14. The summed E-state index contributed by atoms with van der Waals surface area (Å²) in [4.78, 5) is 19.5. The number of likely N-dealkylation sites (tertiary alicyclic amines) is 1. The van der Waals surface area contributed by atoms with Crippen molar-refractivity contribution in [3.05, 3.63) is 71.9 Å². The SMILES string of the molecule is O=C(c1ccc(-c2ccccc2)cc1)N1CCCC(Cc2nc(C3CC3)no2)C1. The van der Waals surface area contributed by atoms with Crippen LogP contribution in [0.5, 0.6) is 0 Å². The molecule has 3 aromatic rings. The zero-order chi connectivity index (χ0) is 19.6. The van der Waals surface area contributed by atoms with Crippen molar-refractivity contribution in [2.45, 2.75) is 38.0 Å². The smallest absolute Gasteiger partial charge is 0.253 e. The molecule has 0 radical (unpaired) electrons. The van der Waals surface area contributed by atoms with Gasteiger partial charge in [0, 0.05) is 31.0 Å². The predicted octanol–water partition coefficient (Wildman–Crippen LogP) is 4.71. The van der Waals surface area contributed by atoms with Gasteiger partial charge in [-0.15, -0.1) is 0 Å². The van der Waals surface area contributed by atoms with Gasteiger partial charge in [0.25, 0.3) is 5.91 Å². The third-order valence-electron chi connectivity index (χ3n) is 5.93. The van der Waals surface area contributed by atoms with E-state index in [9.17, 15) is 4.79 Å². The van der Waals surface area contributed by atoms with Gasteiger partial charge < -0.3 is 9.42 Å². The molecule has 1 saturated heterocycles. The fraction of sp³-hybridized carbons (Fsp3) is 0.375. The van der Waals surface area contributed by atoms with Gasteiger partial charge in [0.2, 0.25) is 5.89 Å². The van der Waals surface area contributed by atoms with Gasteiger partial charge >= 0.3 is 0 Å². The average molecular weight is 387 g/mol. The van der Waals surface area contributed by atoms with Crippen LogP contribution in [0.4, 0.5) is 0 Å². The maximum Gasteiger partial charge on any atom is 0.253 e. The van der Waals surface area contributed by atoms with E-state index in [4.69, 9.17) is 4.52 Å². The summed E-state index contributed by atoms with van der Waals surface area (Å²) in [6.45, 7) is 1.56. The molecule has 148 valence electrons. The Morgan fingerprint density at radius 2 is 1.76 bits per heavy atom. The van der Waals surface area contributed by atoms with Gasteiger partial charge in [-0.2, -0.15) is 4.98 Å². The van der Waals surface area contributed by atoms with Gasteiger partial charge in [-0.1, -0.05) is 47.6 Å². The number of rotatable bonds is 5. The first-order valence-electron chi connectivity index (χ1n) is 10.5. The summed E-state index contributed by atoms with van der Waals surface area (Å²) in [5.74, 6) is 2.58. The molecule has 0 N–H and O–H groups in total. The highest BCUT2D eigenvalue weighted by molar-refractivity contribution is 5.94. The molecule has 0 bridgehead atoms. The molecular formula is C24H25N3O2. The van der Waals surface area contributed by atoms with Crippen molar-refractivity contribution in [3.63, 3.8) is 0 Å². The van der Waals surface area contributed by atoms with Gasteiger partial charge in [0.1, 0.15) is 0 Å². The molecule has 1 aliphatic heterocycles. The van der Waals surface area contributed by atoms with Crippen molar-refractivity contribution >= 4 is 5.91 Å². The van der Waals surface area contributed by atoms with E-state index in [1.165, 1.54) is 12.8 Å². The first-order valence-corrected chi connectivity index (χ1v) is 10.5. The van der Waals surface area contributed by atoms with Gasteiger partial charge in [0.05, 0.1) is 0 Å². The highest BCUT2D eigenvalue weighted by atomic mass is 16.5. The van der Waals surface area contributed by atoms with Crippen LogP contribution >= 0.6 is 0 Å². The van der Waals surface area contributed by atoms with E-state index in [2.05, 4.69) is 22.3 Å². The summed E-state index contributed by atoms with van der Waals surface area (Å²) >= 11 is 0. The van der Waals surface area contributed by atoms with Crippen molar-refractivity contribution < 1.29 is 9.32 Å². The molecule has 0 spiro atoms. The lowest BCUT2D eigenvalue weighted by Crippen LogP contribution is -2.40. The van der Waals surface area contributed by atoms with Crippen LogP contribution in [-0.2, 0) is 6.42 Å². The van der Waals surface area contributed by atoms with E-state index in [1.54, 1.807) is 0 Å². The number of benzene rings is 2. The van der Waals surface area contributed by atoms with Gasteiger partial charge in [-0.05, 0) is 54.9 Å². The Kier molecular flexibility index (Phi) is 4.88. The number of aromatic nitrogens is 2. The van der Waals surface area contributed by atoms with Crippen LogP contribution in [0.2, 0.25) is 0 Å². The Morgan fingerprint density at radius 1 is 1.00 bits per heavy atom. The Labute approximate surface area is 170 Å². The Balaban J connectivity index is 1.23. The number of carbonyl (C=O) groups is 1. The summed E-state index contributed by atoms with van der Waals surface area (Å²) in [7, 11) is 0. The van der Waals surface area contributed by atoms with Crippen molar-refractivity contribution in [3.8, 4) is 11.1 Å². The second-order valence-electron chi connectivity index (χ2n) is 8.23. The van der Waals surface area contributed by atoms with Gasteiger partial charge in [-0.25, -0.2) is 0 Å². The second-order valence-corrected chi connectivity index (χ2v) is 8.23. The third kappa shape index (κ3) is 4.09. The highest BCUT2D eigenvalue weighted by Gasteiger charge is 2.30. The summed E-state index contributed by atoms with van der Waals surface area (Å²) in [6, 6.07) is 18.2. The average Bonchev–Trinajstić information content (AvgIpc) is 3.53. The van der Waals surface area contributed by atoms with Gasteiger partial charge in [0.15, 0.2) is 5.82 Å². The minimum Gasteiger partial charge on any atom is -0.339 e. The van der Waals surface area contributed by atoms with Crippen LogP contribution in [0, 0.1) is 5.92 Å². The van der Waals surface area contributed by atoms with E-state index < -0.39 is 0 Å². The zero-order valence-electron chi connectivity index (χ0n) is 16.5. The van der Waals surface area contributed by atoms with Crippen LogP contribution in [0.15, 0.2) is 59.1 Å². The number of carbonyl (C=O) groups excluding carboxylic acids is 1. The molecule has 5 nitrogen and oxygen atoms in total. The van der Waals surface area contributed by atoms with Crippen LogP contribution in [0.3, 0.4) is 0 Å². The quantitative estimate of drug-likeness (QED) is 0.636. The highest BCUT2D eigenvalue weighted by Crippen LogP contribution is 2.38. The van der Waals surface area contributed by atoms with Gasteiger partial charge in [-0.3, -0.25) is 4.79 Å². The minimum atomic E-state index is 0.110. The molecule has 1 saturated carbocycles. The van der Waals surface area contributed by atoms with E-state index in [0.717, 1.165) is 60.8 Å². The Bertz CT molecular complexity index is 977. The lowest BCUT2D eigenvalue weighted by molar-refractivity contribution is 0.0668. The first kappa shape index (κ1) is 18.1. The molecule has 2 aliphatic rings. The number of nitrogens with zero attached hydrogens (tertiary/aromatic N) is 3. The van der Waals surface area contributed by atoms with Crippen LogP contribution in [-0.4, -0.2) is 34.0 Å². The lowest BCUT2D eigenvalue weighted by Gasteiger charge is -2.32. The predicted molar refractivity (Wildman–Crippen MR) is 110 cm³/mol. The molecule has 2 heterocycles. The second kappa shape index (κ2) is 7.82. The standard InChI is InChI=1S/C24H25N3O2/c28-24(21-12-8-19(9-13-21)18-6-2-1-3-7-18)27-14-4-5-17(16-27)15-22-25-23(26-29-22)20-10-11-20/h1-3,6-9,12-13,17,20H,4-5,10-11,14-16H2. The van der Waals surface area contributed by atoms with Crippen molar-refractivity contribution in [2.75, 3.05) is 13.1 Å². The normalized spacial score (nSPS) is 19.3. The third-order valence-corrected chi connectivity index (χ3v) is 5.93. The fourth-order valence-corrected chi connectivity index (χ4v) is 4.14. The lowest BCUT2D eigenvalue weighted by atomic mass is 9.94. The zero-order valence-corrected chi connectivity index (χ0v) is 16.5. The topological polar surface area (TPSA) is 59.2 Å². The Morgan fingerprint density at radius 3 is 2.52 bits per heavy atom. The van der Waals surface area contributed by atoms with Crippen molar-refractivity contribution in [1.29, 1.82) is 0 Å². The van der Waals surface area contributed by atoms with Crippen molar-refractivity contribution in [2.24, 2.45) is 5.92 Å². The molecule has 5 heteroatoms. The number of amides is 1. The van der Waals surface area contributed by atoms with E-state index in [1.807, 2.05) is 47.4 Å². The summed E-state index contributed by atoms with van der Waals surface area (Å²) in [6.07, 6.45) is 5.22.